The molecule has 3 rings (SSSR count). The van der Waals surface area contributed by atoms with Crippen LogP contribution in [0.25, 0.3) is 16.8 Å². The summed E-state index contributed by atoms with van der Waals surface area (Å²) < 4.78 is 0. The Hall–Kier alpha value is -1.47. The van der Waals surface area contributed by atoms with E-state index in [4.69, 9.17) is 0 Å². The third-order valence-electron chi connectivity index (χ3n) is 2.53. The second-order valence-electron chi connectivity index (χ2n) is 3.46. The quantitative estimate of drug-likeness (QED) is 0.561. The molecule has 0 nitrogen and oxygen atoms in total. The second-order valence-corrected chi connectivity index (χ2v) is 4.62. The smallest absolute Gasteiger partial charge is 0.0605 e. The number of hydrogen-bond acceptors (Lipinski definition) is 0. The Morgan fingerprint density at radius 1 is 0.929 bits per heavy atom. The summed E-state index contributed by atoms with van der Waals surface area (Å²) in [5.41, 5.74) is 3.61. The second kappa shape index (κ2) is 3.03. The van der Waals surface area contributed by atoms with Gasteiger partial charge < -0.3 is 0 Å². The normalized spacial score (nSPS) is 13.1. The molecular weight excluding hydrogens is 184 g/mol. The van der Waals surface area contributed by atoms with Crippen LogP contribution in [0.15, 0.2) is 42.5 Å². The summed E-state index contributed by atoms with van der Waals surface area (Å²) >= 11 is 0. The fourth-order valence-corrected chi connectivity index (χ4v) is 2.74. The monoisotopic (exact) mass is 193 g/mol. The zero-order valence-corrected chi connectivity index (χ0v) is 8.70. The molecule has 0 aliphatic carbocycles. The van der Waals surface area contributed by atoms with E-state index in [0.717, 1.165) is 9.13 Å². The summed E-state index contributed by atoms with van der Waals surface area (Å²) in [6, 6.07) is 13.1. The molecule has 0 bridgehead atoms. The number of rotatable bonds is 0. The lowest BCUT2D eigenvalue weighted by atomic mass is 10.1. The van der Waals surface area contributed by atoms with Crippen LogP contribution in [0.2, 0.25) is 0 Å². The van der Waals surface area contributed by atoms with Gasteiger partial charge in [0.15, 0.2) is 0 Å². The van der Waals surface area contributed by atoms with Gasteiger partial charge in [0.2, 0.25) is 0 Å². The minimum atomic E-state index is 0.824. The Morgan fingerprint density at radius 2 is 1.71 bits per heavy atom. The van der Waals surface area contributed by atoms with Gasteiger partial charge in [-0.25, -0.2) is 0 Å². The van der Waals surface area contributed by atoms with E-state index in [1.165, 1.54) is 21.5 Å². The van der Waals surface area contributed by atoms with Gasteiger partial charge in [0.1, 0.15) is 0 Å². The average Bonchev–Trinajstić information content (AvgIpc) is 2.26. The molecule has 2 aromatic carbocycles. The van der Waals surface area contributed by atoms with Crippen molar-refractivity contribution in [1.82, 2.24) is 0 Å². The molecule has 0 fully saturated rings. The van der Waals surface area contributed by atoms with Gasteiger partial charge in [0.25, 0.3) is 0 Å². The molecule has 1 aliphatic heterocycles. The summed E-state index contributed by atoms with van der Waals surface area (Å²) in [7, 11) is 0.824. The zero-order chi connectivity index (χ0) is 9.38. The first kappa shape index (κ1) is 7.89. The van der Waals surface area contributed by atoms with Crippen molar-refractivity contribution in [2.75, 3.05) is 0 Å². The third kappa shape index (κ3) is 1.17. The van der Waals surface area contributed by atoms with Gasteiger partial charge in [0, 0.05) is 0 Å². The molecule has 1 heterocycles. The topological polar surface area (TPSA) is 0 Å². The first-order chi connectivity index (χ1) is 6.93. The standard InChI is InChI=1S/C13H9Si/c1-2-5-11-9-13-12(6-3-7-14-13)8-10(11)4-1/h1-9H. The maximum absolute atomic E-state index is 2.31. The Balaban J connectivity index is 2.40. The Labute approximate surface area is 85.3 Å². The fourth-order valence-electron chi connectivity index (χ4n) is 1.81. The van der Waals surface area contributed by atoms with Gasteiger partial charge in [-0.05, 0) is 27.6 Å². The third-order valence-corrected chi connectivity index (χ3v) is 3.63. The van der Waals surface area contributed by atoms with Crippen molar-refractivity contribution in [3.05, 3.63) is 48.0 Å². The van der Waals surface area contributed by atoms with E-state index in [1.54, 1.807) is 0 Å². The van der Waals surface area contributed by atoms with Crippen molar-refractivity contribution in [1.29, 1.82) is 0 Å². The molecule has 0 amide bonds. The van der Waals surface area contributed by atoms with Gasteiger partial charge in [0.05, 0.1) is 9.13 Å². The van der Waals surface area contributed by atoms with Crippen LogP contribution in [0, 0.1) is 0 Å². The molecule has 2 aromatic rings. The summed E-state index contributed by atoms with van der Waals surface area (Å²) in [6.07, 6.45) is 4.34. The maximum Gasteiger partial charge on any atom is 0.0605 e. The van der Waals surface area contributed by atoms with Crippen LogP contribution in [0.5, 0.6) is 0 Å². The highest BCUT2D eigenvalue weighted by Crippen LogP contribution is 2.15. The molecule has 1 aliphatic rings. The minimum Gasteiger partial charge on any atom is -0.0766 e. The van der Waals surface area contributed by atoms with E-state index in [2.05, 4.69) is 54.2 Å². The molecule has 0 aromatic heterocycles. The number of benzene rings is 2. The lowest BCUT2D eigenvalue weighted by molar-refractivity contribution is 1.75. The van der Waals surface area contributed by atoms with Crippen molar-refractivity contribution in [3.63, 3.8) is 0 Å². The van der Waals surface area contributed by atoms with E-state index in [-0.39, 0.29) is 0 Å². The highest BCUT2D eigenvalue weighted by Gasteiger charge is 2.01. The number of hydrogen-bond donors (Lipinski definition) is 0. The van der Waals surface area contributed by atoms with Gasteiger partial charge in [-0.1, -0.05) is 48.2 Å². The van der Waals surface area contributed by atoms with Crippen LogP contribution in [0.1, 0.15) is 5.56 Å². The van der Waals surface area contributed by atoms with Crippen molar-refractivity contribution in [3.8, 4) is 0 Å². The predicted octanol–water partition coefficient (Wildman–Crippen LogP) is 2.00. The maximum atomic E-state index is 2.31. The van der Waals surface area contributed by atoms with E-state index in [1.807, 2.05) is 0 Å². The van der Waals surface area contributed by atoms with Crippen LogP contribution in [0.4, 0.5) is 0 Å². The molecule has 0 saturated heterocycles. The lowest BCUT2D eigenvalue weighted by Crippen LogP contribution is -2.15. The molecule has 0 atom stereocenters. The SMILES string of the molecule is C1=Cc2cc3ccccc3cc2[Si]=C1. The van der Waals surface area contributed by atoms with E-state index >= 15 is 0 Å². The minimum absolute atomic E-state index is 0.824. The summed E-state index contributed by atoms with van der Waals surface area (Å²) in [5.74, 6) is 0. The highest BCUT2D eigenvalue weighted by molar-refractivity contribution is 6.64. The highest BCUT2D eigenvalue weighted by atomic mass is 28.2. The largest absolute Gasteiger partial charge is 0.0766 e. The van der Waals surface area contributed by atoms with E-state index in [0.29, 0.717) is 0 Å². The molecule has 1 heteroatoms. The summed E-state index contributed by atoms with van der Waals surface area (Å²) in [6.45, 7) is 0. The van der Waals surface area contributed by atoms with Crippen molar-refractivity contribution >= 4 is 36.8 Å². The van der Waals surface area contributed by atoms with Gasteiger partial charge in [-0.2, -0.15) is 0 Å². The molecule has 65 valence electrons. The zero-order valence-electron chi connectivity index (χ0n) is 7.70. The van der Waals surface area contributed by atoms with Crippen molar-refractivity contribution < 1.29 is 0 Å². The number of allylic oxidation sites excluding steroid dienone is 1. The molecular formula is C13H9Si. The van der Waals surface area contributed by atoms with Crippen molar-refractivity contribution in [2.24, 2.45) is 0 Å². The van der Waals surface area contributed by atoms with Crippen LogP contribution in [-0.2, 0) is 0 Å². The van der Waals surface area contributed by atoms with Crippen molar-refractivity contribution in [2.45, 2.75) is 0 Å². The Kier molecular flexibility index (Phi) is 1.71. The molecule has 0 saturated carbocycles. The molecule has 0 unspecified atom stereocenters. The van der Waals surface area contributed by atoms with E-state index in [9.17, 15) is 0 Å². The number of fused-ring (bicyclic) bond motifs is 2. The first-order valence-electron chi connectivity index (χ1n) is 4.73. The van der Waals surface area contributed by atoms with Crippen LogP contribution in [-0.4, -0.2) is 14.8 Å². The van der Waals surface area contributed by atoms with Crippen LogP contribution < -0.4 is 5.19 Å². The predicted molar refractivity (Wildman–Crippen MR) is 64.4 cm³/mol. The average molecular weight is 193 g/mol. The fraction of sp³-hybridized carbons (Fsp3) is 0. The van der Waals surface area contributed by atoms with Gasteiger partial charge in [-0.15, -0.1) is 0 Å². The summed E-state index contributed by atoms with van der Waals surface area (Å²) in [4.78, 5) is 0. The Morgan fingerprint density at radius 3 is 2.57 bits per heavy atom. The van der Waals surface area contributed by atoms with Gasteiger partial charge >= 0.3 is 0 Å². The Bertz CT molecular complexity index is 500. The molecule has 0 N–H and O–H groups in total. The first-order valence-corrected chi connectivity index (χ1v) is 5.80. The van der Waals surface area contributed by atoms with Crippen LogP contribution >= 0.6 is 0 Å². The summed E-state index contributed by atoms with van der Waals surface area (Å²) in [5, 5.41) is 4.15. The van der Waals surface area contributed by atoms with E-state index < -0.39 is 0 Å². The molecule has 1 radical (unpaired) electrons. The van der Waals surface area contributed by atoms with Gasteiger partial charge in [-0.3, -0.25) is 0 Å². The molecule has 14 heavy (non-hydrogen) atoms. The molecule has 0 spiro atoms. The lowest BCUT2D eigenvalue weighted by Gasteiger charge is -2.06. The van der Waals surface area contributed by atoms with Crippen LogP contribution in [0.3, 0.4) is 0 Å².